The predicted octanol–water partition coefficient (Wildman–Crippen LogP) is 4.36. The number of halogens is 2. The van der Waals surface area contributed by atoms with Gasteiger partial charge in [-0.2, -0.15) is 0 Å². The third-order valence-corrected chi connectivity index (χ3v) is 4.36. The van der Waals surface area contributed by atoms with Gasteiger partial charge in [0.1, 0.15) is 5.75 Å². The summed E-state index contributed by atoms with van der Waals surface area (Å²) in [5.41, 5.74) is 1.15. The Bertz CT molecular complexity index is 969. The first-order chi connectivity index (χ1) is 13.0. The van der Waals surface area contributed by atoms with E-state index in [-0.39, 0.29) is 11.6 Å². The predicted molar refractivity (Wildman–Crippen MR) is 103 cm³/mol. The largest absolute Gasteiger partial charge is 0.496 e. The van der Waals surface area contributed by atoms with E-state index in [4.69, 9.17) is 42.1 Å². The zero-order valence-corrected chi connectivity index (χ0v) is 16.2. The summed E-state index contributed by atoms with van der Waals surface area (Å²) in [6.45, 7) is 0. The fraction of sp³-hybridized carbons (Fsp3) is 0.158. The van der Waals surface area contributed by atoms with Gasteiger partial charge in [-0.05, 0) is 30.3 Å². The van der Waals surface area contributed by atoms with Gasteiger partial charge in [0.15, 0.2) is 17.2 Å². The summed E-state index contributed by atoms with van der Waals surface area (Å²) >= 11 is 12.1. The van der Waals surface area contributed by atoms with Crippen LogP contribution >= 0.6 is 23.2 Å². The number of hydrogen-bond donors (Lipinski definition) is 0. The SMILES string of the molecule is COc1cc(OC)c(OC)cc1C=C1N=C(c2ccc(Cl)cc2Cl)OC1=O. The van der Waals surface area contributed by atoms with Crippen LogP contribution in [0.2, 0.25) is 10.0 Å². The van der Waals surface area contributed by atoms with Gasteiger partial charge in [0.25, 0.3) is 0 Å². The van der Waals surface area contributed by atoms with E-state index < -0.39 is 5.97 Å². The molecule has 6 nitrogen and oxygen atoms in total. The summed E-state index contributed by atoms with van der Waals surface area (Å²) in [4.78, 5) is 16.5. The van der Waals surface area contributed by atoms with E-state index in [1.54, 1.807) is 36.4 Å². The molecule has 0 spiro atoms. The van der Waals surface area contributed by atoms with Crippen LogP contribution in [0.3, 0.4) is 0 Å². The highest BCUT2D eigenvalue weighted by molar-refractivity contribution is 6.37. The number of aliphatic imine (C=N–C) groups is 1. The number of methoxy groups -OCH3 is 3. The molecule has 2 aromatic rings. The molecule has 27 heavy (non-hydrogen) atoms. The summed E-state index contributed by atoms with van der Waals surface area (Å²) in [7, 11) is 4.55. The highest BCUT2D eigenvalue weighted by Crippen LogP contribution is 2.36. The van der Waals surface area contributed by atoms with E-state index in [1.807, 2.05) is 0 Å². The van der Waals surface area contributed by atoms with Crippen molar-refractivity contribution in [2.45, 2.75) is 0 Å². The fourth-order valence-electron chi connectivity index (χ4n) is 2.50. The minimum absolute atomic E-state index is 0.0986. The lowest BCUT2D eigenvalue weighted by atomic mass is 10.1. The molecule has 1 aliphatic heterocycles. The second-order valence-electron chi connectivity index (χ2n) is 5.41. The van der Waals surface area contributed by atoms with Gasteiger partial charge in [-0.15, -0.1) is 0 Å². The topological polar surface area (TPSA) is 66.3 Å². The van der Waals surface area contributed by atoms with Gasteiger partial charge in [0.05, 0.1) is 31.9 Å². The van der Waals surface area contributed by atoms with Gasteiger partial charge in [-0.25, -0.2) is 9.79 Å². The van der Waals surface area contributed by atoms with Crippen molar-refractivity contribution < 1.29 is 23.7 Å². The van der Waals surface area contributed by atoms with Gasteiger partial charge < -0.3 is 18.9 Å². The molecule has 2 aromatic carbocycles. The van der Waals surface area contributed by atoms with E-state index in [9.17, 15) is 4.79 Å². The smallest absolute Gasteiger partial charge is 0.363 e. The standard InChI is InChI=1S/C19H15Cl2NO5/c1-24-15-9-17(26-3)16(25-2)7-10(15)6-14-19(23)27-18(22-14)12-5-4-11(20)8-13(12)21/h4-9H,1-3H3. The quantitative estimate of drug-likeness (QED) is 0.543. The third kappa shape index (κ3) is 3.86. The lowest BCUT2D eigenvalue weighted by molar-refractivity contribution is -0.129. The molecule has 0 aromatic heterocycles. The molecule has 0 saturated carbocycles. The maximum absolute atomic E-state index is 12.2. The molecule has 1 heterocycles. The molecule has 0 N–H and O–H groups in total. The molecule has 0 radical (unpaired) electrons. The van der Waals surface area contributed by atoms with Crippen LogP contribution in [0.4, 0.5) is 0 Å². The normalized spacial score (nSPS) is 14.8. The minimum atomic E-state index is -0.604. The van der Waals surface area contributed by atoms with Gasteiger partial charge in [0.2, 0.25) is 5.90 Å². The lowest BCUT2D eigenvalue weighted by Crippen LogP contribution is -2.06. The molecule has 140 valence electrons. The number of ether oxygens (including phenoxy) is 4. The molecule has 3 rings (SSSR count). The van der Waals surface area contributed by atoms with Crippen molar-refractivity contribution in [1.29, 1.82) is 0 Å². The van der Waals surface area contributed by atoms with Crippen LogP contribution in [-0.4, -0.2) is 33.2 Å². The van der Waals surface area contributed by atoms with Crippen molar-refractivity contribution in [3.63, 3.8) is 0 Å². The van der Waals surface area contributed by atoms with E-state index >= 15 is 0 Å². The Balaban J connectivity index is 2.04. The molecule has 0 aliphatic carbocycles. The molecule has 0 fully saturated rings. The van der Waals surface area contributed by atoms with Crippen molar-refractivity contribution >= 4 is 41.1 Å². The summed E-state index contributed by atoms with van der Waals surface area (Å²) < 4.78 is 21.2. The number of esters is 1. The fourth-order valence-corrected chi connectivity index (χ4v) is 2.99. The Hall–Kier alpha value is -2.70. The second-order valence-corrected chi connectivity index (χ2v) is 6.25. The van der Waals surface area contributed by atoms with Gasteiger partial charge in [0, 0.05) is 16.7 Å². The maximum Gasteiger partial charge on any atom is 0.363 e. The molecule has 1 aliphatic rings. The van der Waals surface area contributed by atoms with Crippen molar-refractivity contribution in [1.82, 2.24) is 0 Å². The Kier molecular flexibility index (Phi) is 5.58. The number of carbonyl (C=O) groups is 1. The minimum Gasteiger partial charge on any atom is -0.496 e. The average Bonchev–Trinajstić information content (AvgIpc) is 3.01. The van der Waals surface area contributed by atoms with E-state index in [1.165, 1.54) is 21.3 Å². The van der Waals surface area contributed by atoms with Gasteiger partial charge >= 0.3 is 5.97 Å². The van der Waals surface area contributed by atoms with Crippen molar-refractivity contribution in [3.8, 4) is 17.2 Å². The van der Waals surface area contributed by atoms with Crippen LogP contribution in [0.1, 0.15) is 11.1 Å². The maximum atomic E-state index is 12.2. The van der Waals surface area contributed by atoms with Crippen LogP contribution in [0.15, 0.2) is 41.0 Å². The summed E-state index contributed by atoms with van der Waals surface area (Å²) in [6, 6.07) is 8.16. The Morgan fingerprint density at radius 2 is 1.63 bits per heavy atom. The summed E-state index contributed by atoms with van der Waals surface area (Å²) in [5, 5.41) is 0.804. The number of benzene rings is 2. The van der Waals surface area contributed by atoms with E-state index in [0.29, 0.717) is 38.4 Å². The first-order valence-corrected chi connectivity index (χ1v) is 8.50. The molecular formula is C19H15Cl2NO5. The highest BCUT2D eigenvalue weighted by atomic mass is 35.5. The second kappa shape index (κ2) is 7.90. The van der Waals surface area contributed by atoms with Gasteiger partial charge in [-0.3, -0.25) is 0 Å². The first-order valence-electron chi connectivity index (χ1n) is 7.74. The summed E-state index contributed by atoms with van der Waals surface area (Å²) in [6.07, 6.45) is 1.54. The zero-order chi connectivity index (χ0) is 19.6. The number of carbonyl (C=O) groups excluding carboxylic acids is 1. The molecule has 0 atom stereocenters. The zero-order valence-electron chi connectivity index (χ0n) is 14.7. The number of rotatable bonds is 5. The molecule has 8 heteroatoms. The highest BCUT2D eigenvalue weighted by Gasteiger charge is 2.26. The monoisotopic (exact) mass is 407 g/mol. The lowest BCUT2D eigenvalue weighted by Gasteiger charge is -2.12. The molecule has 0 unspecified atom stereocenters. The Labute approximate surface area is 165 Å². The van der Waals surface area contributed by atoms with Crippen LogP contribution in [0.25, 0.3) is 6.08 Å². The number of cyclic esters (lactones) is 1. The van der Waals surface area contributed by atoms with Crippen LogP contribution in [0, 0.1) is 0 Å². The van der Waals surface area contributed by atoms with E-state index in [0.717, 1.165) is 0 Å². The van der Waals surface area contributed by atoms with Crippen LogP contribution in [0.5, 0.6) is 17.2 Å². The Morgan fingerprint density at radius 3 is 2.26 bits per heavy atom. The van der Waals surface area contributed by atoms with Crippen LogP contribution in [-0.2, 0) is 9.53 Å². The molecule has 0 saturated heterocycles. The van der Waals surface area contributed by atoms with E-state index in [2.05, 4.69) is 4.99 Å². The summed E-state index contributed by atoms with van der Waals surface area (Å²) in [5.74, 6) is 0.977. The van der Waals surface area contributed by atoms with Crippen molar-refractivity contribution in [2.24, 2.45) is 4.99 Å². The first kappa shape index (κ1) is 19.1. The number of hydrogen-bond acceptors (Lipinski definition) is 6. The Morgan fingerprint density at radius 1 is 0.963 bits per heavy atom. The third-order valence-electron chi connectivity index (χ3n) is 3.81. The molecule has 0 amide bonds. The van der Waals surface area contributed by atoms with Crippen molar-refractivity contribution in [2.75, 3.05) is 21.3 Å². The van der Waals surface area contributed by atoms with Crippen LogP contribution < -0.4 is 14.2 Å². The van der Waals surface area contributed by atoms with Gasteiger partial charge in [-0.1, -0.05) is 23.2 Å². The molecule has 0 bridgehead atoms. The molecular weight excluding hydrogens is 393 g/mol. The average molecular weight is 408 g/mol. The van der Waals surface area contributed by atoms with Crippen molar-refractivity contribution in [3.05, 3.63) is 57.2 Å². The number of nitrogens with zero attached hydrogens (tertiary/aromatic N) is 1.